The van der Waals surface area contributed by atoms with E-state index in [1.54, 1.807) is 13.0 Å². The Morgan fingerprint density at radius 1 is 1.23 bits per heavy atom. The van der Waals surface area contributed by atoms with Gasteiger partial charge in [0.05, 0.1) is 10.0 Å². The van der Waals surface area contributed by atoms with Crippen molar-refractivity contribution in [1.82, 2.24) is 0 Å². The fraction of sp³-hybridized carbons (Fsp3) is 0.143. The molecular weight excluding hydrogens is 255 g/mol. The summed E-state index contributed by atoms with van der Waals surface area (Å²) in [7, 11) is 1.31. The molecule has 0 aliphatic carbocycles. The fourth-order valence-corrected chi connectivity index (χ4v) is 2.75. The van der Waals surface area contributed by atoms with E-state index < -0.39 is 9.05 Å². The highest BCUT2D eigenvalue weighted by Gasteiger charge is 2.17. The van der Waals surface area contributed by atoms with Gasteiger partial charge in [-0.2, -0.15) is 0 Å². The zero-order valence-corrected chi connectivity index (χ0v) is 9.60. The third-order valence-electron chi connectivity index (χ3n) is 1.40. The predicted molar refractivity (Wildman–Crippen MR) is 54.2 cm³/mol. The van der Waals surface area contributed by atoms with Crippen molar-refractivity contribution >= 4 is 42.9 Å². The van der Waals surface area contributed by atoms with Crippen molar-refractivity contribution in [3.63, 3.8) is 0 Å². The minimum atomic E-state index is -3.82. The second kappa shape index (κ2) is 3.65. The third-order valence-corrected chi connectivity index (χ3v) is 3.66. The van der Waals surface area contributed by atoms with Crippen LogP contribution in [0.25, 0.3) is 0 Å². The Hall–Kier alpha value is 0.0400. The lowest BCUT2D eigenvalue weighted by Gasteiger charge is -2.03. The number of benzene rings is 1. The summed E-state index contributed by atoms with van der Waals surface area (Å²) >= 11 is 11.3. The Labute approximate surface area is 90.8 Å². The summed E-state index contributed by atoms with van der Waals surface area (Å²) in [5.41, 5.74) is 0.689. The highest BCUT2D eigenvalue weighted by molar-refractivity contribution is 8.13. The zero-order chi connectivity index (χ0) is 10.2. The minimum absolute atomic E-state index is 0.0396. The molecule has 6 heteroatoms. The average molecular weight is 260 g/mol. The summed E-state index contributed by atoms with van der Waals surface area (Å²) in [6.07, 6.45) is 0. The van der Waals surface area contributed by atoms with Crippen molar-refractivity contribution in [2.45, 2.75) is 11.8 Å². The Bertz CT molecular complexity index is 439. The summed E-state index contributed by atoms with van der Waals surface area (Å²) in [6.45, 7) is 1.70. The number of aryl methyl sites for hydroxylation is 1. The van der Waals surface area contributed by atoms with Gasteiger partial charge in [-0.15, -0.1) is 0 Å². The van der Waals surface area contributed by atoms with Gasteiger partial charge in [-0.25, -0.2) is 8.42 Å². The van der Waals surface area contributed by atoms with Gasteiger partial charge in [0.1, 0.15) is 4.90 Å². The molecule has 0 radical (unpaired) electrons. The van der Waals surface area contributed by atoms with Crippen molar-refractivity contribution in [3.8, 4) is 0 Å². The molecule has 72 valence electrons. The Morgan fingerprint density at radius 3 is 2.23 bits per heavy atom. The van der Waals surface area contributed by atoms with Crippen LogP contribution in [0.15, 0.2) is 17.0 Å². The summed E-state index contributed by atoms with van der Waals surface area (Å²) in [6, 6.07) is 2.94. The third kappa shape index (κ3) is 2.50. The lowest BCUT2D eigenvalue weighted by Crippen LogP contribution is -1.93. The maximum absolute atomic E-state index is 11.0. The van der Waals surface area contributed by atoms with E-state index >= 15 is 0 Å². The van der Waals surface area contributed by atoms with Crippen LogP contribution in [0, 0.1) is 6.92 Å². The van der Waals surface area contributed by atoms with Crippen LogP contribution in [0.4, 0.5) is 0 Å². The van der Waals surface area contributed by atoms with Crippen molar-refractivity contribution in [3.05, 3.63) is 27.7 Å². The molecular formula is C7H5Cl3O2S. The van der Waals surface area contributed by atoms with Crippen LogP contribution in [0.3, 0.4) is 0 Å². The molecule has 0 atom stereocenters. The molecule has 0 bridgehead atoms. The molecule has 0 unspecified atom stereocenters. The summed E-state index contributed by atoms with van der Waals surface area (Å²) in [4.78, 5) is -0.152. The molecule has 1 aromatic rings. The first-order chi connectivity index (χ1) is 5.82. The van der Waals surface area contributed by atoms with Crippen LogP contribution < -0.4 is 0 Å². The van der Waals surface area contributed by atoms with E-state index in [-0.39, 0.29) is 14.9 Å². The van der Waals surface area contributed by atoms with Gasteiger partial charge in [0, 0.05) is 10.7 Å². The lowest BCUT2D eigenvalue weighted by molar-refractivity contribution is 0.609. The normalized spacial score (nSPS) is 11.7. The van der Waals surface area contributed by atoms with Crippen LogP contribution in [0.5, 0.6) is 0 Å². The summed E-state index contributed by atoms with van der Waals surface area (Å²) in [5.74, 6) is 0. The first-order valence-corrected chi connectivity index (χ1v) is 6.29. The Balaban J connectivity index is 3.56. The number of rotatable bonds is 1. The van der Waals surface area contributed by atoms with E-state index in [0.29, 0.717) is 5.56 Å². The fourth-order valence-electron chi connectivity index (χ4n) is 0.870. The molecule has 0 amide bonds. The van der Waals surface area contributed by atoms with E-state index in [1.165, 1.54) is 6.07 Å². The molecule has 0 saturated heterocycles. The summed E-state index contributed by atoms with van der Waals surface area (Å²) in [5, 5.41) is 0.142. The molecule has 1 aromatic carbocycles. The van der Waals surface area contributed by atoms with Gasteiger partial charge in [0.2, 0.25) is 0 Å². The topological polar surface area (TPSA) is 34.1 Å². The highest BCUT2D eigenvalue weighted by Crippen LogP contribution is 2.32. The van der Waals surface area contributed by atoms with Gasteiger partial charge in [-0.05, 0) is 24.6 Å². The molecule has 0 heterocycles. The molecule has 2 nitrogen and oxygen atoms in total. The predicted octanol–water partition coefficient (Wildman–Crippen LogP) is 3.23. The second-order valence-electron chi connectivity index (χ2n) is 2.50. The second-order valence-corrected chi connectivity index (χ2v) is 5.82. The molecule has 0 saturated carbocycles. The first-order valence-electron chi connectivity index (χ1n) is 3.22. The maximum atomic E-state index is 11.0. The van der Waals surface area contributed by atoms with Crippen LogP contribution in [-0.4, -0.2) is 8.42 Å². The van der Waals surface area contributed by atoms with Crippen molar-refractivity contribution < 1.29 is 8.42 Å². The lowest BCUT2D eigenvalue weighted by atomic mass is 10.2. The number of hydrogen-bond acceptors (Lipinski definition) is 2. The van der Waals surface area contributed by atoms with Gasteiger partial charge in [-0.3, -0.25) is 0 Å². The first kappa shape index (κ1) is 11.1. The molecule has 0 N–H and O–H groups in total. The quantitative estimate of drug-likeness (QED) is 0.726. The Morgan fingerprint density at radius 2 is 1.77 bits per heavy atom. The number of hydrogen-bond donors (Lipinski definition) is 0. The van der Waals surface area contributed by atoms with Crippen LogP contribution in [0.2, 0.25) is 10.0 Å². The van der Waals surface area contributed by atoms with Crippen molar-refractivity contribution in [2.75, 3.05) is 0 Å². The molecule has 13 heavy (non-hydrogen) atoms. The zero-order valence-electron chi connectivity index (χ0n) is 6.51. The molecule has 0 spiro atoms. The van der Waals surface area contributed by atoms with E-state index in [4.69, 9.17) is 33.9 Å². The van der Waals surface area contributed by atoms with Crippen molar-refractivity contribution in [1.29, 1.82) is 0 Å². The molecule has 0 aromatic heterocycles. The van der Waals surface area contributed by atoms with Gasteiger partial charge in [0.15, 0.2) is 0 Å². The SMILES string of the molecule is Cc1cc(Cl)c(Cl)c(S(=O)(=O)Cl)c1. The van der Waals surface area contributed by atoms with Crippen molar-refractivity contribution in [2.24, 2.45) is 0 Å². The van der Waals surface area contributed by atoms with Gasteiger partial charge >= 0.3 is 0 Å². The van der Waals surface area contributed by atoms with Gasteiger partial charge in [-0.1, -0.05) is 23.2 Å². The van der Waals surface area contributed by atoms with Gasteiger partial charge in [0.25, 0.3) is 9.05 Å². The monoisotopic (exact) mass is 258 g/mol. The van der Waals surface area contributed by atoms with Crippen LogP contribution >= 0.6 is 33.9 Å². The van der Waals surface area contributed by atoms with E-state index in [1.807, 2.05) is 0 Å². The summed E-state index contributed by atoms with van der Waals surface area (Å²) < 4.78 is 22.0. The smallest absolute Gasteiger partial charge is 0.207 e. The molecule has 0 aliphatic heterocycles. The molecule has 0 aliphatic rings. The largest absolute Gasteiger partial charge is 0.262 e. The molecule has 0 fully saturated rings. The standard InChI is InChI=1S/C7H5Cl3O2S/c1-4-2-5(8)7(9)6(3-4)13(10,11)12/h2-3H,1H3. The average Bonchev–Trinajstić information content (AvgIpc) is 1.94. The Kier molecular flexibility index (Phi) is 3.12. The van der Waals surface area contributed by atoms with E-state index in [2.05, 4.69) is 0 Å². The maximum Gasteiger partial charge on any atom is 0.262 e. The van der Waals surface area contributed by atoms with Crippen LogP contribution in [-0.2, 0) is 9.05 Å². The molecule has 1 rings (SSSR count). The highest BCUT2D eigenvalue weighted by atomic mass is 35.7. The van der Waals surface area contributed by atoms with E-state index in [0.717, 1.165) is 0 Å². The van der Waals surface area contributed by atoms with E-state index in [9.17, 15) is 8.42 Å². The van der Waals surface area contributed by atoms with Crippen LogP contribution in [0.1, 0.15) is 5.56 Å². The number of halogens is 3. The van der Waals surface area contributed by atoms with Gasteiger partial charge < -0.3 is 0 Å². The minimum Gasteiger partial charge on any atom is -0.207 e.